The zero-order chi connectivity index (χ0) is 13.2. The molecule has 0 atom stereocenters. The number of nitrogens with two attached hydrogens (primary N) is 1. The summed E-state index contributed by atoms with van der Waals surface area (Å²) in [6, 6.07) is 7.11. The predicted molar refractivity (Wildman–Crippen MR) is 75.7 cm³/mol. The molecule has 0 saturated heterocycles. The van der Waals surface area contributed by atoms with Crippen LogP contribution in [-0.4, -0.2) is 19.4 Å². The Bertz CT molecular complexity index is 534. The Morgan fingerprint density at radius 3 is 2.39 bits per heavy atom. The number of rotatable bonds is 5. The minimum absolute atomic E-state index is 0.00110. The van der Waals surface area contributed by atoms with Gasteiger partial charge in [0.15, 0.2) is 0 Å². The maximum absolute atomic E-state index is 11.9. The number of thiocarbonyl (C=S) groups is 1. The molecule has 0 heterocycles. The number of benzene rings is 1. The molecule has 1 saturated carbocycles. The van der Waals surface area contributed by atoms with Gasteiger partial charge in [0.25, 0.3) is 0 Å². The van der Waals surface area contributed by atoms with Gasteiger partial charge in [-0.2, -0.15) is 0 Å². The molecule has 1 aliphatic carbocycles. The van der Waals surface area contributed by atoms with Crippen LogP contribution in [0.2, 0.25) is 0 Å². The van der Waals surface area contributed by atoms with E-state index in [1.807, 2.05) is 0 Å². The second-order valence-electron chi connectivity index (χ2n) is 4.57. The lowest BCUT2D eigenvalue weighted by Gasteiger charge is -2.26. The van der Waals surface area contributed by atoms with Gasteiger partial charge in [-0.1, -0.05) is 42.9 Å². The van der Waals surface area contributed by atoms with Crippen LogP contribution >= 0.6 is 12.2 Å². The third kappa shape index (κ3) is 3.51. The number of hydrogen-bond donors (Lipinski definition) is 2. The van der Waals surface area contributed by atoms with Crippen molar-refractivity contribution in [3.63, 3.8) is 0 Å². The van der Waals surface area contributed by atoms with E-state index in [9.17, 15) is 8.42 Å². The monoisotopic (exact) mass is 284 g/mol. The maximum Gasteiger partial charge on any atom is 0.216 e. The summed E-state index contributed by atoms with van der Waals surface area (Å²) in [7, 11) is -3.24. The van der Waals surface area contributed by atoms with Crippen LogP contribution in [0.25, 0.3) is 0 Å². The standard InChI is InChI=1S/C12H16N2O2S2/c13-12(17)10-6-4-9(5-7-10)8-18(15,16)14-11-2-1-3-11/h4-7,11,14H,1-3,8H2,(H2,13,17). The molecular formula is C12H16N2O2S2. The first-order valence-corrected chi connectivity index (χ1v) is 7.91. The van der Waals surface area contributed by atoms with Gasteiger partial charge in [0, 0.05) is 11.6 Å². The average Bonchev–Trinajstić information content (AvgIpc) is 2.24. The normalized spacial score (nSPS) is 16.2. The molecule has 1 fully saturated rings. The number of nitrogens with one attached hydrogen (secondary N) is 1. The number of hydrogen-bond acceptors (Lipinski definition) is 3. The van der Waals surface area contributed by atoms with Crippen molar-refractivity contribution in [1.29, 1.82) is 0 Å². The van der Waals surface area contributed by atoms with Crippen LogP contribution in [0.1, 0.15) is 30.4 Å². The molecule has 3 N–H and O–H groups in total. The fraction of sp³-hybridized carbons (Fsp3) is 0.417. The van der Waals surface area contributed by atoms with Gasteiger partial charge < -0.3 is 5.73 Å². The fourth-order valence-corrected chi connectivity index (χ4v) is 3.40. The lowest BCUT2D eigenvalue weighted by molar-refractivity contribution is 0.383. The molecule has 98 valence electrons. The molecule has 1 aliphatic rings. The summed E-state index contributed by atoms with van der Waals surface area (Å²) in [5.41, 5.74) is 6.97. The first kappa shape index (κ1) is 13.5. The topological polar surface area (TPSA) is 72.2 Å². The van der Waals surface area contributed by atoms with E-state index in [0.29, 0.717) is 4.99 Å². The van der Waals surface area contributed by atoms with Crippen LogP contribution in [0.4, 0.5) is 0 Å². The van der Waals surface area contributed by atoms with Crippen LogP contribution in [0.15, 0.2) is 24.3 Å². The second-order valence-corrected chi connectivity index (χ2v) is 6.76. The Kier molecular flexibility index (Phi) is 3.99. The molecule has 0 unspecified atom stereocenters. The molecule has 0 aromatic heterocycles. The van der Waals surface area contributed by atoms with Crippen molar-refractivity contribution < 1.29 is 8.42 Å². The minimum atomic E-state index is -3.24. The second kappa shape index (κ2) is 5.34. The Morgan fingerprint density at radius 2 is 1.94 bits per heavy atom. The zero-order valence-electron chi connectivity index (χ0n) is 9.93. The summed E-state index contributed by atoms with van der Waals surface area (Å²) in [6.07, 6.45) is 3.00. The Morgan fingerprint density at radius 1 is 1.33 bits per heavy atom. The van der Waals surface area contributed by atoms with Gasteiger partial charge in [0.2, 0.25) is 10.0 Å². The maximum atomic E-state index is 11.9. The molecule has 1 aromatic rings. The molecule has 4 nitrogen and oxygen atoms in total. The van der Waals surface area contributed by atoms with Gasteiger partial charge >= 0.3 is 0 Å². The van der Waals surface area contributed by atoms with Crippen molar-refractivity contribution >= 4 is 27.2 Å². The van der Waals surface area contributed by atoms with Crippen molar-refractivity contribution in [3.05, 3.63) is 35.4 Å². The van der Waals surface area contributed by atoms with Crippen molar-refractivity contribution in [2.45, 2.75) is 31.1 Å². The van der Waals surface area contributed by atoms with Gasteiger partial charge in [0.05, 0.1) is 5.75 Å². The van der Waals surface area contributed by atoms with Crippen LogP contribution in [-0.2, 0) is 15.8 Å². The van der Waals surface area contributed by atoms with E-state index in [2.05, 4.69) is 4.72 Å². The third-order valence-corrected chi connectivity index (χ3v) is 4.69. The van der Waals surface area contributed by atoms with E-state index in [-0.39, 0.29) is 11.8 Å². The third-order valence-electron chi connectivity index (χ3n) is 3.05. The average molecular weight is 284 g/mol. The summed E-state index contributed by atoms with van der Waals surface area (Å²) in [5, 5.41) is 0. The van der Waals surface area contributed by atoms with Gasteiger partial charge in [-0.15, -0.1) is 0 Å². The fourth-order valence-electron chi connectivity index (χ4n) is 1.81. The van der Waals surface area contributed by atoms with Crippen LogP contribution < -0.4 is 10.5 Å². The molecule has 18 heavy (non-hydrogen) atoms. The summed E-state index contributed by atoms with van der Waals surface area (Å²) < 4.78 is 26.4. The summed E-state index contributed by atoms with van der Waals surface area (Å²) >= 11 is 4.84. The van der Waals surface area contributed by atoms with Crippen LogP contribution in [0.5, 0.6) is 0 Å². The lowest BCUT2D eigenvalue weighted by atomic mass is 9.94. The SMILES string of the molecule is NC(=S)c1ccc(CS(=O)(=O)NC2CCC2)cc1. The molecular weight excluding hydrogens is 268 g/mol. The molecule has 1 aromatic carbocycles. The van der Waals surface area contributed by atoms with Gasteiger partial charge in [-0.05, 0) is 18.4 Å². The van der Waals surface area contributed by atoms with Crippen molar-refractivity contribution in [1.82, 2.24) is 4.72 Å². The lowest BCUT2D eigenvalue weighted by Crippen LogP contribution is -2.39. The van der Waals surface area contributed by atoms with E-state index in [4.69, 9.17) is 18.0 Å². The molecule has 0 aliphatic heterocycles. The molecule has 0 amide bonds. The molecule has 2 rings (SSSR count). The zero-order valence-corrected chi connectivity index (χ0v) is 11.6. The number of sulfonamides is 1. The molecule has 0 bridgehead atoms. The highest BCUT2D eigenvalue weighted by molar-refractivity contribution is 7.88. The first-order valence-electron chi connectivity index (χ1n) is 5.85. The highest BCUT2D eigenvalue weighted by Crippen LogP contribution is 2.19. The van der Waals surface area contributed by atoms with Crippen molar-refractivity contribution in [3.8, 4) is 0 Å². The van der Waals surface area contributed by atoms with Gasteiger partial charge in [-0.25, -0.2) is 13.1 Å². The molecule has 0 spiro atoms. The van der Waals surface area contributed by atoms with Crippen LogP contribution in [0, 0.1) is 0 Å². The Labute approximate surface area is 113 Å². The van der Waals surface area contributed by atoms with Gasteiger partial charge in [-0.3, -0.25) is 0 Å². The highest BCUT2D eigenvalue weighted by atomic mass is 32.2. The predicted octanol–water partition coefficient (Wildman–Crippen LogP) is 1.29. The highest BCUT2D eigenvalue weighted by Gasteiger charge is 2.23. The minimum Gasteiger partial charge on any atom is -0.389 e. The quantitative estimate of drug-likeness (QED) is 0.799. The summed E-state index contributed by atoms with van der Waals surface area (Å²) in [4.78, 5) is 0.317. The van der Waals surface area contributed by atoms with Crippen molar-refractivity contribution in [2.75, 3.05) is 0 Å². The first-order chi connectivity index (χ1) is 8.46. The Balaban J connectivity index is 2.01. The van der Waals surface area contributed by atoms with E-state index in [1.54, 1.807) is 24.3 Å². The van der Waals surface area contributed by atoms with Gasteiger partial charge in [0.1, 0.15) is 4.99 Å². The summed E-state index contributed by atoms with van der Waals surface area (Å²) in [5.74, 6) is 0.00110. The Hall–Kier alpha value is -0.980. The van der Waals surface area contributed by atoms with Crippen molar-refractivity contribution in [2.24, 2.45) is 5.73 Å². The van der Waals surface area contributed by atoms with E-state index in [1.165, 1.54) is 0 Å². The van der Waals surface area contributed by atoms with Crippen LogP contribution in [0.3, 0.4) is 0 Å². The largest absolute Gasteiger partial charge is 0.389 e. The summed E-state index contributed by atoms with van der Waals surface area (Å²) in [6.45, 7) is 0. The smallest absolute Gasteiger partial charge is 0.216 e. The van der Waals surface area contributed by atoms with E-state index in [0.717, 1.165) is 30.4 Å². The molecule has 6 heteroatoms. The van der Waals surface area contributed by atoms with E-state index >= 15 is 0 Å². The molecule has 0 radical (unpaired) electrons. The van der Waals surface area contributed by atoms with E-state index < -0.39 is 10.0 Å².